The fourth-order valence-corrected chi connectivity index (χ4v) is 3.05. The molecule has 0 spiro atoms. The third-order valence-corrected chi connectivity index (χ3v) is 4.48. The molecule has 1 atom stereocenters. The number of hydrogen-bond acceptors (Lipinski definition) is 4. The van der Waals surface area contributed by atoms with Gasteiger partial charge in [0.25, 0.3) is 5.91 Å². The van der Waals surface area contributed by atoms with Crippen molar-refractivity contribution in [1.29, 1.82) is 0 Å². The van der Waals surface area contributed by atoms with Crippen LogP contribution in [-0.4, -0.2) is 34.5 Å². The summed E-state index contributed by atoms with van der Waals surface area (Å²) in [6, 6.07) is 12.2. The van der Waals surface area contributed by atoms with E-state index in [1.54, 1.807) is 66.5 Å². The molecule has 7 nitrogen and oxygen atoms in total. The summed E-state index contributed by atoms with van der Waals surface area (Å²) in [5, 5.41) is 5.33. The Morgan fingerprint density at radius 3 is 2.60 bits per heavy atom. The number of para-hydroxylation sites is 1. The summed E-state index contributed by atoms with van der Waals surface area (Å²) in [5.74, 6) is -0.459. The molecular weight excluding hydrogens is 387 g/mol. The smallest absolute Gasteiger partial charge is 0.255 e. The number of rotatable bonds is 8. The van der Waals surface area contributed by atoms with Gasteiger partial charge in [-0.15, -0.1) is 0 Å². The minimum absolute atomic E-state index is 0.283. The summed E-state index contributed by atoms with van der Waals surface area (Å²) in [4.78, 5) is 29.3. The quantitative estimate of drug-likeness (QED) is 0.598. The average Bonchev–Trinajstić information content (AvgIpc) is 3.17. The van der Waals surface area contributed by atoms with Crippen LogP contribution in [0, 0.1) is 5.82 Å². The Labute approximate surface area is 173 Å². The lowest BCUT2D eigenvalue weighted by Crippen LogP contribution is -2.40. The zero-order valence-electron chi connectivity index (χ0n) is 16.8. The highest BCUT2D eigenvalue weighted by molar-refractivity contribution is 5.98. The molecule has 2 N–H and O–H groups in total. The number of nitrogens with zero attached hydrogens (tertiary/aromatic N) is 2. The van der Waals surface area contributed by atoms with Crippen molar-refractivity contribution in [3.63, 3.8) is 0 Å². The van der Waals surface area contributed by atoms with Gasteiger partial charge in [-0.25, -0.2) is 9.37 Å². The number of amides is 2. The van der Waals surface area contributed by atoms with Gasteiger partial charge in [0.05, 0.1) is 18.7 Å². The fourth-order valence-electron chi connectivity index (χ4n) is 3.05. The zero-order valence-corrected chi connectivity index (χ0v) is 16.8. The molecule has 1 heterocycles. The van der Waals surface area contributed by atoms with Crippen molar-refractivity contribution < 1.29 is 18.7 Å². The summed E-state index contributed by atoms with van der Waals surface area (Å²) in [7, 11) is 1.76. The number of carbonyl (C=O) groups is 2. The predicted octanol–water partition coefficient (Wildman–Crippen LogP) is 2.59. The van der Waals surface area contributed by atoms with E-state index in [0.29, 0.717) is 23.7 Å². The van der Waals surface area contributed by atoms with Gasteiger partial charge in [-0.1, -0.05) is 30.3 Å². The van der Waals surface area contributed by atoms with Crippen molar-refractivity contribution in [2.24, 2.45) is 7.05 Å². The SMILES string of the molecule is CCOc1ccccc1C(=O)NCC(=O)NC(c1ccccc1F)c1nccn1C. The molecule has 1 unspecified atom stereocenters. The second-order valence-electron chi connectivity index (χ2n) is 6.53. The van der Waals surface area contributed by atoms with E-state index >= 15 is 0 Å². The summed E-state index contributed by atoms with van der Waals surface area (Å²) in [6.45, 7) is 1.95. The van der Waals surface area contributed by atoms with E-state index in [9.17, 15) is 14.0 Å². The average molecular weight is 410 g/mol. The van der Waals surface area contributed by atoms with Crippen LogP contribution in [-0.2, 0) is 11.8 Å². The monoisotopic (exact) mass is 410 g/mol. The Bertz CT molecular complexity index is 1030. The van der Waals surface area contributed by atoms with Crippen LogP contribution in [0.1, 0.15) is 34.7 Å². The lowest BCUT2D eigenvalue weighted by atomic mass is 10.1. The number of benzene rings is 2. The fraction of sp³-hybridized carbons (Fsp3) is 0.227. The van der Waals surface area contributed by atoms with Crippen LogP contribution in [0.3, 0.4) is 0 Å². The zero-order chi connectivity index (χ0) is 21.5. The first-order valence-electron chi connectivity index (χ1n) is 9.52. The number of ether oxygens (including phenoxy) is 1. The Kier molecular flexibility index (Phi) is 6.79. The molecule has 0 aliphatic heterocycles. The Balaban J connectivity index is 1.72. The van der Waals surface area contributed by atoms with Crippen molar-refractivity contribution >= 4 is 11.8 Å². The third kappa shape index (κ3) is 4.83. The number of imidazole rings is 1. The van der Waals surface area contributed by atoms with Gasteiger partial charge < -0.3 is 19.9 Å². The molecule has 2 aromatic carbocycles. The summed E-state index contributed by atoms with van der Waals surface area (Å²) >= 11 is 0. The number of halogens is 1. The highest BCUT2D eigenvalue weighted by atomic mass is 19.1. The van der Waals surface area contributed by atoms with Crippen LogP contribution < -0.4 is 15.4 Å². The number of aromatic nitrogens is 2. The van der Waals surface area contributed by atoms with Crippen molar-refractivity contribution in [3.8, 4) is 5.75 Å². The number of hydrogen-bond donors (Lipinski definition) is 2. The third-order valence-electron chi connectivity index (χ3n) is 4.48. The van der Waals surface area contributed by atoms with E-state index in [2.05, 4.69) is 15.6 Å². The molecule has 3 rings (SSSR count). The van der Waals surface area contributed by atoms with Gasteiger partial charge in [-0.05, 0) is 25.1 Å². The summed E-state index contributed by atoms with van der Waals surface area (Å²) < 4.78 is 21.5. The first kappa shape index (κ1) is 21.0. The largest absolute Gasteiger partial charge is 0.493 e. The van der Waals surface area contributed by atoms with E-state index in [1.165, 1.54) is 6.07 Å². The van der Waals surface area contributed by atoms with Crippen LogP contribution in [0.2, 0.25) is 0 Å². The van der Waals surface area contributed by atoms with Crippen molar-refractivity contribution in [2.75, 3.05) is 13.2 Å². The van der Waals surface area contributed by atoms with E-state index in [1.807, 2.05) is 6.92 Å². The van der Waals surface area contributed by atoms with Gasteiger partial charge in [-0.3, -0.25) is 9.59 Å². The molecule has 0 radical (unpaired) electrons. The number of nitrogens with one attached hydrogen (secondary N) is 2. The lowest BCUT2D eigenvalue weighted by molar-refractivity contribution is -0.120. The first-order valence-corrected chi connectivity index (χ1v) is 9.52. The van der Waals surface area contributed by atoms with Crippen LogP contribution >= 0.6 is 0 Å². The van der Waals surface area contributed by atoms with Crippen molar-refractivity contribution in [1.82, 2.24) is 20.2 Å². The molecule has 8 heteroatoms. The highest BCUT2D eigenvalue weighted by Crippen LogP contribution is 2.23. The van der Waals surface area contributed by atoms with Gasteiger partial charge >= 0.3 is 0 Å². The Morgan fingerprint density at radius 2 is 1.90 bits per heavy atom. The van der Waals surface area contributed by atoms with Crippen LogP contribution in [0.5, 0.6) is 5.75 Å². The molecule has 0 aliphatic carbocycles. The van der Waals surface area contributed by atoms with Gasteiger partial charge in [0.1, 0.15) is 23.4 Å². The van der Waals surface area contributed by atoms with Crippen LogP contribution in [0.15, 0.2) is 60.9 Å². The maximum Gasteiger partial charge on any atom is 0.255 e. The number of carbonyl (C=O) groups excluding carboxylic acids is 2. The predicted molar refractivity (Wildman–Crippen MR) is 110 cm³/mol. The molecule has 0 aliphatic rings. The van der Waals surface area contributed by atoms with Crippen molar-refractivity contribution in [2.45, 2.75) is 13.0 Å². The molecule has 0 saturated carbocycles. The van der Waals surface area contributed by atoms with Crippen LogP contribution in [0.4, 0.5) is 4.39 Å². The lowest BCUT2D eigenvalue weighted by Gasteiger charge is -2.20. The molecule has 30 heavy (non-hydrogen) atoms. The summed E-state index contributed by atoms with van der Waals surface area (Å²) in [5.41, 5.74) is 0.620. The minimum Gasteiger partial charge on any atom is -0.493 e. The van der Waals surface area contributed by atoms with Crippen molar-refractivity contribution in [3.05, 3.63) is 83.7 Å². The molecule has 0 bridgehead atoms. The van der Waals surface area contributed by atoms with E-state index in [-0.39, 0.29) is 12.1 Å². The van der Waals surface area contributed by atoms with Gasteiger partial charge in [0.2, 0.25) is 5.91 Å². The van der Waals surface area contributed by atoms with Gasteiger partial charge in [0.15, 0.2) is 0 Å². The number of aryl methyl sites for hydroxylation is 1. The molecular formula is C22H23FN4O3. The molecule has 3 aromatic rings. The Morgan fingerprint density at radius 1 is 1.17 bits per heavy atom. The van der Waals surface area contributed by atoms with Gasteiger partial charge in [0, 0.05) is 25.0 Å². The normalized spacial score (nSPS) is 11.6. The highest BCUT2D eigenvalue weighted by Gasteiger charge is 2.24. The molecule has 0 saturated heterocycles. The molecule has 156 valence electrons. The van der Waals surface area contributed by atoms with Crippen LogP contribution in [0.25, 0.3) is 0 Å². The molecule has 0 fully saturated rings. The maximum atomic E-state index is 14.4. The standard InChI is InChI=1S/C22H23FN4O3/c1-3-30-18-11-7-5-9-16(18)22(29)25-14-19(28)26-20(21-24-12-13-27(21)2)15-8-4-6-10-17(15)23/h4-13,20H,3,14H2,1-2H3,(H,25,29)(H,26,28). The second-order valence-corrected chi connectivity index (χ2v) is 6.53. The first-order chi connectivity index (χ1) is 14.5. The molecule has 2 amide bonds. The van der Waals surface area contributed by atoms with E-state index in [4.69, 9.17) is 4.74 Å². The summed E-state index contributed by atoms with van der Waals surface area (Å²) in [6.07, 6.45) is 3.28. The minimum atomic E-state index is -0.800. The van der Waals surface area contributed by atoms with E-state index in [0.717, 1.165) is 0 Å². The van der Waals surface area contributed by atoms with Gasteiger partial charge in [-0.2, -0.15) is 0 Å². The Hall–Kier alpha value is -3.68. The second kappa shape index (κ2) is 9.69. The topological polar surface area (TPSA) is 85.2 Å². The van der Waals surface area contributed by atoms with E-state index < -0.39 is 23.7 Å². The maximum absolute atomic E-state index is 14.4. The molecule has 1 aromatic heterocycles.